The van der Waals surface area contributed by atoms with E-state index in [9.17, 15) is 9.59 Å². The monoisotopic (exact) mass is 441 g/mol. The molecule has 3 aromatic rings. The van der Waals surface area contributed by atoms with Gasteiger partial charge in [0, 0.05) is 28.5 Å². The number of para-hydroxylation sites is 2. The lowest BCUT2D eigenvalue weighted by Crippen LogP contribution is -2.17. The quantitative estimate of drug-likeness (QED) is 0.577. The number of aryl methyl sites for hydroxylation is 1. The molecule has 0 atom stereocenters. The first kappa shape index (κ1) is 19.7. The molecule has 28 heavy (non-hydrogen) atoms. The zero-order valence-corrected chi connectivity index (χ0v) is 17.1. The van der Waals surface area contributed by atoms with E-state index >= 15 is 0 Å². The number of methoxy groups -OCH3 is 1. The van der Waals surface area contributed by atoms with E-state index in [-0.39, 0.29) is 11.8 Å². The van der Waals surface area contributed by atoms with Gasteiger partial charge in [0.05, 0.1) is 12.8 Å². The standard InChI is InChI=1S/C21H20BrN3O3/c1-3-25-13-15(22)12-18(25)21(27)23-16-10-8-14(9-11-16)20(26)24-17-6-4-5-7-19(17)28-2/h4-13H,3H2,1-2H3,(H,23,27)(H,24,26). The summed E-state index contributed by atoms with van der Waals surface area (Å²) < 4.78 is 7.95. The van der Waals surface area contributed by atoms with Gasteiger partial charge in [-0.2, -0.15) is 0 Å². The van der Waals surface area contributed by atoms with Crippen molar-refractivity contribution in [1.82, 2.24) is 4.57 Å². The van der Waals surface area contributed by atoms with E-state index in [1.807, 2.05) is 29.8 Å². The molecule has 7 heteroatoms. The number of halogens is 1. The number of nitrogens with zero attached hydrogens (tertiary/aromatic N) is 1. The lowest BCUT2D eigenvalue weighted by atomic mass is 10.2. The molecule has 144 valence electrons. The Labute approximate surface area is 171 Å². The molecular weight excluding hydrogens is 422 g/mol. The SMILES string of the molecule is CCn1cc(Br)cc1C(=O)Nc1ccc(C(=O)Nc2ccccc2OC)cc1. The van der Waals surface area contributed by atoms with Crippen LogP contribution in [0, 0.1) is 0 Å². The smallest absolute Gasteiger partial charge is 0.272 e. The molecular formula is C21H20BrN3O3. The van der Waals surface area contributed by atoms with Crippen LogP contribution < -0.4 is 15.4 Å². The Morgan fingerprint density at radius 1 is 1.04 bits per heavy atom. The summed E-state index contributed by atoms with van der Waals surface area (Å²) in [5, 5.41) is 5.67. The van der Waals surface area contributed by atoms with Crippen molar-refractivity contribution < 1.29 is 14.3 Å². The largest absolute Gasteiger partial charge is 0.495 e. The summed E-state index contributed by atoms with van der Waals surface area (Å²) in [5.74, 6) is 0.120. The topological polar surface area (TPSA) is 72.4 Å². The van der Waals surface area contributed by atoms with E-state index in [0.29, 0.717) is 34.9 Å². The van der Waals surface area contributed by atoms with E-state index in [4.69, 9.17) is 4.74 Å². The fourth-order valence-electron chi connectivity index (χ4n) is 2.77. The van der Waals surface area contributed by atoms with E-state index in [1.165, 1.54) is 0 Å². The van der Waals surface area contributed by atoms with Crippen LogP contribution in [0.15, 0.2) is 65.3 Å². The zero-order valence-electron chi connectivity index (χ0n) is 15.5. The van der Waals surface area contributed by atoms with E-state index < -0.39 is 0 Å². The molecule has 6 nitrogen and oxygen atoms in total. The Balaban J connectivity index is 1.69. The van der Waals surface area contributed by atoms with Crippen LogP contribution in [0.2, 0.25) is 0 Å². The Morgan fingerprint density at radius 3 is 2.43 bits per heavy atom. The maximum atomic E-state index is 12.5. The Hall–Kier alpha value is -3.06. The molecule has 1 aromatic heterocycles. The van der Waals surface area contributed by atoms with Crippen molar-refractivity contribution in [3.8, 4) is 5.75 Å². The molecule has 0 aliphatic rings. The van der Waals surface area contributed by atoms with E-state index in [1.54, 1.807) is 49.6 Å². The number of carbonyl (C=O) groups excluding carboxylic acids is 2. The molecule has 2 N–H and O–H groups in total. The second kappa shape index (κ2) is 8.75. The number of anilines is 2. The van der Waals surface area contributed by atoms with Gasteiger partial charge in [-0.3, -0.25) is 9.59 Å². The molecule has 0 spiro atoms. The van der Waals surface area contributed by atoms with Crippen molar-refractivity contribution in [1.29, 1.82) is 0 Å². The van der Waals surface area contributed by atoms with Gasteiger partial charge in [0.25, 0.3) is 11.8 Å². The highest BCUT2D eigenvalue weighted by atomic mass is 79.9. The van der Waals surface area contributed by atoms with Gasteiger partial charge in [-0.1, -0.05) is 12.1 Å². The number of carbonyl (C=O) groups is 2. The molecule has 0 saturated carbocycles. The van der Waals surface area contributed by atoms with Crippen LogP contribution in [0.3, 0.4) is 0 Å². The Morgan fingerprint density at radius 2 is 1.75 bits per heavy atom. The summed E-state index contributed by atoms with van der Waals surface area (Å²) in [4.78, 5) is 25.0. The highest BCUT2D eigenvalue weighted by molar-refractivity contribution is 9.10. The van der Waals surface area contributed by atoms with Crippen molar-refractivity contribution in [3.05, 3.63) is 76.5 Å². The lowest BCUT2D eigenvalue weighted by Gasteiger charge is -2.11. The lowest BCUT2D eigenvalue weighted by molar-refractivity contribution is 0.101. The van der Waals surface area contributed by atoms with Gasteiger partial charge < -0.3 is 19.9 Å². The molecule has 3 rings (SSSR count). The number of hydrogen-bond donors (Lipinski definition) is 2. The molecule has 0 aliphatic carbocycles. The fraction of sp³-hybridized carbons (Fsp3) is 0.143. The van der Waals surface area contributed by atoms with Crippen LogP contribution in [-0.4, -0.2) is 23.5 Å². The summed E-state index contributed by atoms with van der Waals surface area (Å²) in [6.07, 6.45) is 1.86. The summed E-state index contributed by atoms with van der Waals surface area (Å²) in [7, 11) is 1.55. The first-order valence-electron chi connectivity index (χ1n) is 8.73. The molecule has 0 radical (unpaired) electrons. The minimum atomic E-state index is -0.258. The molecule has 2 amide bonds. The van der Waals surface area contributed by atoms with Gasteiger partial charge in [-0.15, -0.1) is 0 Å². The number of rotatable bonds is 6. The van der Waals surface area contributed by atoms with Gasteiger partial charge in [-0.25, -0.2) is 0 Å². The number of nitrogens with one attached hydrogen (secondary N) is 2. The van der Waals surface area contributed by atoms with Gasteiger partial charge in [0.2, 0.25) is 0 Å². The molecule has 0 bridgehead atoms. The number of amides is 2. The maximum absolute atomic E-state index is 12.5. The highest BCUT2D eigenvalue weighted by Gasteiger charge is 2.13. The van der Waals surface area contributed by atoms with Crippen molar-refractivity contribution in [2.45, 2.75) is 13.5 Å². The summed E-state index contributed by atoms with van der Waals surface area (Å²) in [6, 6.07) is 15.7. The fourth-order valence-corrected chi connectivity index (χ4v) is 3.23. The van der Waals surface area contributed by atoms with Gasteiger partial charge in [0.1, 0.15) is 11.4 Å². The first-order valence-corrected chi connectivity index (χ1v) is 9.52. The van der Waals surface area contributed by atoms with Crippen LogP contribution in [-0.2, 0) is 6.54 Å². The van der Waals surface area contributed by atoms with Crippen LogP contribution in [0.1, 0.15) is 27.8 Å². The third-order valence-electron chi connectivity index (χ3n) is 4.20. The molecule has 0 unspecified atom stereocenters. The van der Waals surface area contributed by atoms with Crippen LogP contribution in [0.25, 0.3) is 0 Å². The average molecular weight is 442 g/mol. The number of aromatic nitrogens is 1. The third kappa shape index (κ3) is 4.43. The van der Waals surface area contributed by atoms with E-state index in [0.717, 1.165) is 4.47 Å². The molecule has 0 saturated heterocycles. The van der Waals surface area contributed by atoms with Crippen LogP contribution in [0.5, 0.6) is 5.75 Å². The van der Waals surface area contributed by atoms with E-state index in [2.05, 4.69) is 26.6 Å². The van der Waals surface area contributed by atoms with Gasteiger partial charge in [0.15, 0.2) is 0 Å². The highest BCUT2D eigenvalue weighted by Crippen LogP contribution is 2.24. The summed E-state index contributed by atoms with van der Waals surface area (Å²) in [6.45, 7) is 2.66. The van der Waals surface area contributed by atoms with Gasteiger partial charge >= 0.3 is 0 Å². The number of ether oxygens (including phenoxy) is 1. The van der Waals surface area contributed by atoms with Crippen LogP contribution in [0.4, 0.5) is 11.4 Å². The molecule has 0 fully saturated rings. The first-order chi connectivity index (χ1) is 13.5. The second-order valence-corrected chi connectivity index (χ2v) is 6.93. The van der Waals surface area contributed by atoms with Crippen molar-refractivity contribution >= 4 is 39.1 Å². The van der Waals surface area contributed by atoms with Crippen molar-refractivity contribution in [2.75, 3.05) is 17.7 Å². The summed E-state index contributed by atoms with van der Waals surface area (Å²) in [5.41, 5.74) is 2.24. The maximum Gasteiger partial charge on any atom is 0.272 e. The Kier molecular flexibility index (Phi) is 6.16. The molecule has 1 heterocycles. The number of hydrogen-bond acceptors (Lipinski definition) is 3. The normalized spacial score (nSPS) is 10.4. The summed E-state index contributed by atoms with van der Waals surface area (Å²) >= 11 is 3.39. The molecule has 0 aliphatic heterocycles. The van der Waals surface area contributed by atoms with Gasteiger partial charge in [-0.05, 0) is 65.3 Å². The third-order valence-corrected chi connectivity index (χ3v) is 4.63. The second-order valence-electron chi connectivity index (χ2n) is 6.02. The Bertz CT molecular complexity index is 996. The minimum absolute atomic E-state index is 0.209. The molecule has 2 aromatic carbocycles. The van der Waals surface area contributed by atoms with Crippen molar-refractivity contribution in [3.63, 3.8) is 0 Å². The number of benzene rings is 2. The van der Waals surface area contributed by atoms with Crippen LogP contribution >= 0.6 is 15.9 Å². The predicted octanol–water partition coefficient (Wildman–Crippen LogP) is 4.78. The average Bonchev–Trinajstić information content (AvgIpc) is 3.10. The minimum Gasteiger partial charge on any atom is -0.495 e. The predicted molar refractivity (Wildman–Crippen MR) is 113 cm³/mol. The van der Waals surface area contributed by atoms with Crippen molar-refractivity contribution in [2.24, 2.45) is 0 Å². The zero-order chi connectivity index (χ0) is 20.1.